The number of benzene rings is 1. The molecule has 0 spiro atoms. The lowest BCUT2D eigenvalue weighted by Crippen LogP contribution is -2.33. The zero-order chi connectivity index (χ0) is 13.7. The van der Waals surface area contributed by atoms with Gasteiger partial charge in [0.05, 0.1) is 5.02 Å². The molecule has 0 atom stereocenters. The fourth-order valence-electron chi connectivity index (χ4n) is 2.28. The summed E-state index contributed by atoms with van der Waals surface area (Å²) in [7, 11) is 0. The van der Waals surface area contributed by atoms with E-state index < -0.39 is 0 Å². The summed E-state index contributed by atoms with van der Waals surface area (Å²) in [6, 6.07) is 5.24. The van der Waals surface area contributed by atoms with Crippen LogP contribution in [0.3, 0.4) is 0 Å². The number of halogens is 1. The molecule has 0 unspecified atom stereocenters. The van der Waals surface area contributed by atoms with Gasteiger partial charge in [-0.05, 0) is 44.1 Å². The van der Waals surface area contributed by atoms with Gasteiger partial charge in [-0.1, -0.05) is 18.0 Å². The predicted octanol–water partition coefficient (Wildman–Crippen LogP) is 2.49. The fraction of sp³-hybridized carbons (Fsp3) is 0.500. The highest BCUT2D eigenvalue weighted by molar-refractivity contribution is 6.34. The molecule has 1 aromatic rings. The Balaban J connectivity index is 1.82. The van der Waals surface area contributed by atoms with Crippen molar-refractivity contribution in [3.05, 3.63) is 28.8 Å². The van der Waals surface area contributed by atoms with Crippen LogP contribution in [-0.4, -0.2) is 37.0 Å². The van der Waals surface area contributed by atoms with E-state index in [9.17, 15) is 0 Å². The molecule has 0 saturated carbocycles. The Morgan fingerprint density at radius 3 is 2.68 bits per heavy atom. The lowest BCUT2D eigenvalue weighted by molar-refractivity contribution is 0.183. The van der Waals surface area contributed by atoms with Crippen molar-refractivity contribution in [3.63, 3.8) is 0 Å². The van der Waals surface area contributed by atoms with Crippen LogP contribution in [-0.2, 0) is 0 Å². The van der Waals surface area contributed by atoms with Gasteiger partial charge in [-0.25, -0.2) is 0 Å². The molecule has 1 fully saturated rings. The normalized spacial score (nSPS) is 16.3. The summed E-state index contributed by atoms with van der Waals surface area (Å²) < 4.78 is 5.69. The van der Waals surface area contributed by atoms with Crippen molar-refractivity contribution in [1.82, 2.24) is 4.90 Å². The third-order valence-corrected chi connectivity index (χ3v) is 3.67. The van der Waals surface area contributed by atoms with E-state index in [4.69, 9.17) is 27.5 Å². The molecule has 1 heterocycles. The Kier molecular flexibility index (Phi) is 5.05. The first kappa shape index (κ1) is 14.2. The zero-order valence-corrected chi connectivity index (χ0v) is 11.7. The van der Waals surface area contributed by atoms with Crippen LogP contribution >= 0.6 is 11.6 Å². The van der Waals surface area contributed by atoms with Crippen LogP contribution in [0.15, 0.2) is 18.2 Å². The molecule has 4 nitrogen and oxygen atoms in total. The van der Waals surface area contributed by atoms with Gasteiger partial charge in [0, 0.05) is 12.1 Å². The number of amidine groups is 1. The topological polar surface area (TPSA) is 62.3 Å². The molecule has 5 heteroatoms. The molecule has 19 heavy (non-hydrogen) atoms. The Bertz CT molecular complexity index is 444. The number of rotatable bonds is 5. The number of likely N-dealkylation sites (tertiary alicyclic amines) is 1. The van der Waals surface area contributed by atoms with Gasteiger partial charge in [0.25, 0.3) is 0 Å². The first-order valence-corrected chi connectivity index (χ1v) is 7.04. The van der Waals surface area contributed by atoms with Gasteiger partial charge >= 0.3 is 0 Å². The van der Waals surface area contributed by atoms with Crippen molar-refractivity contribution in [1.29, 1.82) is 5.41 Å². The Hall–Kier alpha value is -1.26. The quantitative estimate of drug-likeness (QED) is 0.644. The number of nitrogen functional groups attached to an aromatic ring is 1. The summed E-state index contributed by atoms with van der Waals surface area (Å²) in [6.45, 7) is 3.96. The minimum atomic E-state index is -0.0233. The van der Waals surface area contributed by atoms with Crippen LogP contribution in [0.25, 0.3) is 0 Å². The minimum Gasteiger partial charge on any atom is -0.492 e. The first-order valence-electron chi connectivity index (χ1n) is 6.66. The highest BCUT2D eigenvalue weighted by Gasteiger charge is 2.10. The summed E-state index contributed by atoms with van der Waals surface area (Å²) in [6.07, 6.45) is 3.93. The van der Waals surface area contributed by atoms with Crippen molar-refractivity contribution < 1.29 is 4.74 Å². The smallest absolute Gasteiger partial charge is 0.124 e. The zero-order valence-electron chi connectivity index (χ0n) is 11.0. The maximum Gasteiger partial charge on any atom is 0.124 e. The van der Waals surface area contributed by atoms with E-state index in [0.29, 0.717) is 17.2 Å². The van der Waals surface area contributed by atoms with E-state index >= 15 is 0 Å². The SMILES string of the molecule is N=C(N)c1ccc(OCCN2CCCCC2)cc1Cl. The molecular weight excluding hydrogens is 262 g/mol. The van der Waals surface area contributed by atoms with E-state index in [1.807, 2.05) is 0 Å². The average molecular weight is 282 g/mol. The van der Waals surface area contributed by atoms with Crippen molar-refractivity contribution in [2.75, 3.05) is 26.2 Å². The third-order valence-electron chi connectivity index (χ3n) is 3.36. The third kappa shape index (κ3) is 4.11. The molecule has 2 rings (SSSR count). The van der Waals surface area contributed by atoms with E-state index in [2.05, 4.69) is 4.90 Å². The molecule has 3 N–H and O–H groups in total. The second-order valence-electron chi connectivity index (χ2n) is 4.81. The number of nitrogens with zero attached hydrogens (tertiary/aromatic N) is 1. The van der Waals surface area contributed by atoms with E-state index in [1.165, 1.54) is 32.4 Å². The summed E-state index contributed by atoms with van der Waals surface area (Å²) in [5.74, 6) is 0.705. The van der Waals surface area contributed by atoms with Gasteiger partial charge in [-0.15, -0.1) is 0 Å². The van der Waals surface area contributed by atoms with Crippen LogP contribution < -0.4 is 10.5 Å². The Labute approximate surface area is 119 Å². The van der Waals surface area contributed by atoms with E-state index in [1.54, 1.807) is 18.2 Å². The summed E-state index contributed by atoms with van der Waals surface area (Å²) in [5.41, 5.74) is 5.96. The van der Waals surface area contributed by atoms with Gasteiger partial charge in [-0.2, -0.15) is 0 Å². The standard InChI is InChI=1S/C14H20ClN3O/c15-13-10-11(4-5-12(13)14(16)17)19-9-8-18-6-2-1-3-7-18/h4-5,10H,1-3,6-9H2,(H3,16,17). The van der Waals surface area contributed by atoms with Crippen LogP contribution in [0.2, 0.25) is 5.02 Å². The first-order chi connectivity index (χ1) is 9.16. The average Bonchev–Trinajstić information content (AvgIpc) is 2.39. The van der Waals surface area contributed by atoms with Gasteiger partial charge in [0.15, 0.2) is 0 Å². The molecule has 1 saturated heterocycles. The van der Waals surface area contributed by atoms with Crippen molar-refractivity contribution >= 4 is 17.4 Å². The molecule has 104 valence electrons. The monoisotopic (exact) mass is 281 g/mol. The number of hydrogen-bond donors (Lipinski definition) is 2. The van der Waals surface area contributed by atoms with Gasteiger partial charge in [0.1, 0.15) is 18.2 Å². The molecule has 0 aliphatic carbocycles. The molecule has 1 aromatic carbocycles. The van der Waals surface area contributed by atoms with Crippen LogP contribution in [0.1, 0.15) is 24.8 Å². The van der Waals surface area contributed by atoms with E-state index in [0.717, 1.165) is 12.3 Å². The highest BCUT2D eigenvalue weighted by Crippen LogP contribution is 2.22. The van der Waals surface area contributed by atoms with Crippen molar-refractivity contribution in [2.24, 2.45) is 5.73 Å². The fourth-order valence-corrected chi connectivity index (χ4v) is 2.55. The molecule has 0 bridgehead atoms. The number of hydrogen-bond acceptors (Lipinski definition) is 3. The van der Waals surface area contributed by atoms with Crippen LogP contribution in [0, 0.1) is 5.41 Å². The lowest BCUT2D eigenvalue weighted by Gasteiger charge is -2.26. The molecule has 1 aliphatic heterocycles. The van der Waals surface area contributed by atoms with Crippen molar-refractivity contribution in [2.45, 2.75) is 19.3 Å². The Morgan fingerprint density at radius 2 is 2.05 bits per heavy atom. The van der Waals surface area contributed by atoms with Gasteiger partial charge in [-0.3, -0.25) is 10.3 Å². The maximum absolute atomic E-state index is 7.36. The number of nitrogens with one attached hydrogen (secondary N) is 1. The molecular formula is C14H20ClN3O. The number of piperidine rings is 1. The summed E-state index contributed by atoms with van der Waals surface area (Å²) >= 11 is 6.04. The largest absolute Gasteiger partial charge is 0.492 e. The van der Waals surface area contributed by atoms with E-state index in [-0.39, 0.29) is 5.84 Å². The Morgan fingerprint density at radius 1 is 1.32 bits per heavy atom. The van der Waals surface area contributed by atoms with Crippen molar-refractivity contribution in [3.8, 4) is 5.75 Å². The second-order valence-corrected chi connectivity index (χ2v) is 5.21. The molecule has 1 aliphatic rings. The molecule has 0 amide bonds. The molecule has 0 aromatic heterocycles. The molecule has 0 radical (unpaired) electrons. The van der Waals surface area contributed by atoms with Crippen LogP contribution in [0.5, 0.6) is 5.75 Å². The van der Waals surface area contributed by atoms with Gasteiger partial charge in [0.2, 0.25) is 0 Å². The number of nitrogens with two attached hydrogens (primary N) is 1. The predicted molar refractivity (Wildman–Crippen MR) is 78.3 cm³/mol. The van der Waals surface area contributed by atoms with Crippen LogP contribution in [0.4, 0.5) is 0 Å². The lowest BCUT2D eigenvalue weighted by atomic mass is 10.1. The number of ether oxygens (including phenoxy) is 1. The summed E-state index contributed by atoms with van der Waals surface area (Å²) in [5, 5.41) is 7.83. The van der Waals surface area contributed by atoms with Gasteiger partial charge < -0.3 is 10.5 Å². The minimum absolute atomic E-state index is 0.0233. The maximum atomic E-state index is 7.36. The second kappa shape index (κ2) is 6.78. The highest BCUT2D eigenvalue weighted by atomic mass is 35.5. The summed E-state index contributed by atoms with van der Waals surface area (Å²) in [4.78, 5) is 2.43.